The minimum atomic E-state index is -3.07. The van der Waals surface area contributed by atoms with Crippen molar-refractivity contribution in [2.24, 2.45) is 11.7 Å². The summed E-state index contributed by atoms with van der Waals surface area (Å²) in [6.07, 6.45) is 0.603. The van der Waals surface area contributed by atoms with Gasteiger partial charge in [-0.15, -0.1) is 12.4 Å². The monoisotopic (exact) mass is 308 g/mol. The molecule has 2 rings (SSSR count). The molecule has 20 heavy (non-hydrogen) atoms. The molecule has 2 unspecified atom stereocenters. The molecule has 1 aliphatic rings. The van der Waals surface area contributed by atoms with Crippen LogP contribution in [0.3, 0.4) is 0 Å². The molecular weight excluding hydrogens is 293 g/mol. The lowest BCUT2D eigenvalue weighted by atomic mass is 10.1. The highest BCUT2D eigenvalue weighted by Crippen LogP contribution is 2.47. The number of nitrogens with two attached hydrogens (primary N) is 1. The number of hydrogen-bond acceptors (Lipinski definition) is 2. The Labute approximate surface area is 121 Å². The molecule has 1 fully saturated rings. The van der Waals surface area contributed by atoms with Crippen LogP contribution in [0.5, 0.6) is 0 Å². The maximum atomic E-state index is 12.9. The van der Waals surface area contributed by atoms with Gasteiger partial charge in [0.15, 0.2) is 0 Å². The van der Waals surface area contributed by atoms with Crippen molar-refractivity contribution in [3.05, 3.63) is 35.6 Å². The number of benzene rings is 1. The van der Waals surface area contributed by atoms with E-state index in [9.17, 15) is 18.0 Å². The molecule has 0 aromatic heterocycles. The zero-order valence-corrected chi connectivity index (χ0v) is 11.4. The lowest BCUT2D eigenvalue weighted by molar-refractivity contribution is -0.124. The number of carbonyl (C=O) groups excluding carboxylic acids is 1. The summed E-state index contributed by atoms with van der Waals surface area (Å²) in [5.74, 6) is -4.13. The zero-order valence-electron chi connectivity index (χ0n) is 10.6. The van der Waals surface area contributed by atoms with Gasteiger partial charge in [-0.1, -0.05) is 12.1 Å². The van der Waals surface area contributed by atoms with Gasteiger partial charge in [0.05, 0.1) is 13.1 Å². The fourth-order valence-corrected chi connectivity index (χ4v) is 1.98. The van der Waals surface area contributed by atoms with Gasteiger partial charge in [-0.3, -0.25) is 4.79 Å². The number of carbonyl (C=O) groups is 1. The average molecular weight is 309 g/mol. The smallest absolute Gasteiger partial charge is 0.277 e. The first kappa shape index (κ1) is 16.8. The summed E-state index contributed by atoms with van der Waals surface area (Å²) in [5, 5.41) is 2.20. The summed E-state index contributed by atoms with van der Waals surface area (Å²) < 4.78 is 38.5. The first-order valence-electron chi connectivity index (χ1n) is 6.04. The van der Waals surface area contributed by atoms with Crippen LogP contribution in [0.2, 0.25) is 0 Å². The lowest BCUT2D eigenvalue weighted by Crippen LogP contribution is -2.42. The van der Waals surface area contributed by atoms with Gasteiger partial charge in [0.1, 0.15) is 5.82 Å². The second-order valence-electron chi connectivity index (χ2n) is 4.78. The Morgan fingerprint density at radius 2 is 1.95 bits per heavy atom. The third-order valence-electron chi connectivity index (χ3n) is 3.25. The SMILES string of the molecule is Cl.NCC(F)(F)CNC(=O)C1CC1c1ccc(F)cc1. The molecule has 3 N–H and O–H groups in total. The third kappa shape index (κ3) is 4.11. The second-order valence-corrected chi connectivity index (χ2v) is 4.78. The van der Waals surface area contributed by atoms with Gasteiger partial charge in [-0.05, 0) is 30.0 Å². The normalized spacial score (nSPS) is 21.0. The molecule has 1 aromatic rings. The van der Waals surface area contributed by atoms with Gasteiger partial charge in [-0.25, -0.2) is 13.2 Å². The Kier molecular flexibility index (Phi) is 5.42. The van der Waals surface area contributed by atoms with E-state index in [-0.39, 0.29) is 30.1 Å². The minimum Gasteiger partial charge on any atom is -0.350 e. The summed E-state index contributed by atoms with van der Waals surface area (Å²) in [6.45, 7) is -1.53. The standard InChI is InChI=1S/C13H15F3N2O.ClH/c14-9-3-1-8(2-4-9)10-5-11(10)12(19)18-7-13(15,16)6-17;/h1-4,10-11H,5-7,17H2,(H,18,19);1H. The molecule has 3 nitrogen and oxygen atoms in total. The molecule has 0 saturated heterocycles. The molecule has 1 aliphatic carbocycles. The first-order chi connectivity index (χ1) is 8.93. The van der Waals surface area contributed by atoms with E-state index in [0.717, 1.165) is 5.56 Å². The van der Waals surface area contributed by atoms with Crippen molar-refractivity contribution in [3.63, 3.8) is 0 Å². The van der Waals surface area contributed by atoms with Gasteiger partial charge >= 0.3 is 0 Å². The van der Waals surface area contributed by atoms with Crippen molar-refractivity contribution >= 4 is 18.3 Å². The number of alkyl halides is 2. The molecule has 0 radical (unpaired) electrons. The average Bonchev–Trinajstić information content (AvgIpc) is 3.17. The number of amides is 1. The molecule has 1 saturated carbocycles. The van der Waals surface area contributed by atoms with Crippen LogP contribution in [0.1, 0.15) is 17.9 Å². The van der Waals surface area contributed by atoms with E-state index in [1.54, 1.807) is 12.1 Å². The second kappa shape index (κ2) is 6.45. The van der Waals surface area contributed by atoms with Gasteiger partial charge in [-0.2, -0.15) is 0 Å². The number of halogens is 4. The fraction of sp³-hybridized carbons (Fsp3) is 0.462. The van der Waals surface area contributed by atoms with E-state index in [2.05, 4.69) is 5.32 Å². The predicted molar refractivity (Wildman–Crippen MR) is 71.5 cm³/mol. The molecular formula is C13H16ClF3N2O. The number of rotatable bonds is 5. The van der Waals surface area contributed by atoms with Crippen LogP contribution in [0, 0.1) is 11.7 Å². The van der Waals surface area contributed by atoms with E-state index in [4.69, 9.17) is 5.73 Å². The van der Waals surface area contributed by atoms with Crippen molar-refractivity contribution in [1.29, 1.82) is 0 Å². The third-order valence-corrected chi connectivity index (χ3v) is 3.25. The Morgan fingerprint density at radius 1 is 1.35 bits per heavy atom. The Bertz CT molecular complexity index is 467. The van der Waals surface area contributed by atoms with Crippen LogP contribution < -0.4 is 11.1 Å². The summed E-state index contributed by atoms with van der Waals surface area (Å²) in [5.41, 5.74) is 5.73. The maximum absolute atomic E-state index is 12.9. The van der Waals surface area contributed by atoms with Gasteiger partial charge < -0.3 is 11.1 Å². The first-order valence-corrected chi connectivity index (χ1v) is 6.04. The Hall–Kier alpha value is -1.27. The van der Waals surface area contributed by atoms with E-state index < -0.39 is 24.9 Å². The van der Waals surface area contributed by atoms with Crippen molar-refractivity contribution < 1.29 is 18.0 Å². The topological polar surface area (TPSA) is 55.1 Å². The number of nitrogens with one attached hydrogen (secondary N) is 1. The van der Waals surface area contributed by atoms with Gasteiger partial charge in [0.2, 0.25) is 5.91 Å². The van der Waals surface area contributed by atoms with Gasteiger partial charge in [0.25, 0.3) is 5.92 Å². The van der Waals surface area contributed by atoms with Crippen LogP contribution in [0.25, 0.3) is 0 Å². The van der Waals surface area contributed by atoms with Crippen LogP contribution in [0.4, 0.5) is 13.2 Å². The fourth-order valence-electron chi connectivity index (χ4n) is 1.98. The van der Waals surface area contributed by atoms with Crippen LogP contribution in [-0.4, -0.2) is 24.9 Å². The largest absolute Gasteiger partial charge is 0.350 e. The molecule has 112 valence electrons. The lowest BCUT2D eigenvalue weighted by Gasteiger charge is -2.14. The molecule has 0 bridgehead atoms. The van der Waals surface area contributed by atoms with E-state index in [1.165, 1.54) is 12.1 Å². The van der Waals surface area contributed by atoms with Crippen molar-refractivity contribution in [2.75, 3.05) is 13.1 Å². The summed E-state index contributed by atoms with van der Waals surface area (Å²) >= 11 is 0. The number of hydrogen-bond donors (Lipinski definition) is 2. The molecule has 0 spiro atoms. The minimum absolute atomic E-state index is 0. The van der Waals surface area contributed by atoms with Crippen molar-refractivity contribution in [1.82, 2.24) is 5.32 Å². The Morgan fingerprint density at radius 3 is 2.50 bits per heavy atom. The van der Waals surface area contributed by atoms with E-state index in [1.807, 2.05) is 0 Å². The van der Waals surface area contributed by atoms with Crippen LogP contribution in [0.15, 0.2) is 24.3 Å². The van der Waals surface area contributed by atoms with E-state index >= 15 is 0 Å². The van der Waals surface area contributed by atoms with Crippen molar-refractivity contribution in [3.8, 4) is 0 Å². The van der Waals surface area contributed by atoms with Crippen LogP contribution >= 0.6 is 12.4 Å². The zero-order chi connectivity index (χ0) is 14.0. The van der Waals surface area contributed by atoms with E-state index in [0.29, 0.717) is 6.42 Å². The highest BCUT2D eigenvalue weighted by atomic mass is 35.5. The highest BCUT2D eigenvalue weighted by Gasteiger charge is 2.44. The molecule has 0 heterocycles. The quantitative estimate of drug-likeness (QED) is 0.875. The molecule has 2 atom stereocenters. The summed E-state index contributed by atoms with van der Waals surface area (Å²) in [4.78, 5) is 11.7. The summed E-state index contributed by atoms with van der Waals surface area (Å²) in [6, 6.07) is 5.87. The maximum Gasteiger partial charge on any atom is 0.277 e. The highest BCUT2D eigenvalue weighted by molar-refractivity contribution is 5.85. The molecule has 0 aliphatic heterocycles. The molecule has 1 amide bonds. The van der Waals surface area contributed by atoms with Crippen molar-refractivity contribution in [2.45, 2.75) is 18.3 Å². The van der Waals surface area contributed by atoms with Gasteiger partial charge in [0, 0.05) is 5.92 Å². The van der Waals surface area contributed by atoms with Crippen LogP contribution in [-0.2, 0) is 4.79 Å². The molecule has 1 aromatic carbocycles. The Balaban J connectivity index is 0.00000200. The molecule has 7 heteroatoms. The predicted octanol–water partition coefficient (Wildman–Crippen LogP) is 2.06. The summed E-state index contributed by atoms with van der Waals surface area (Å²) in [7, 11) is 0.